The van der Waals surface area contributed by atoms with Crippen LogP contribution in [0.5, 0.6) is 0 Å². The molecule has 0 fully saturated rings. The highest BCUT2D eigenvalue weighted by molar-refractivity contribution is 6.30. The number of Topliss-reactive ketones (excluding diaryl/α,β-unsaturated/α-hetero) is 1. The fourth-order valence-electron chi connectivity index (χ4n) is 4.18. The quantitative estimate of drug-likeness (QED) is 0.105. The lowest BCUT2D eigenvalue weighted by molar-refractivity contribution is -0.383. The van der Waals surface area contributed by atoms with Crippen molar-refractivity contribution in [3.63, 3.8) is 0 Å². The van der Waals surface area contributed by atoms with Crippen LogP contribution in [0, 0.1) is 10.1 Å². The van der Waals surface area contributed by atoms with Crippen molar-refractivity contribution in [2.24, 2.45) is 0 Å². The smallest absolute Gasteiger partial charge is 0.413 e. The lowest BCUT2D eigenvalue weighted by Gasteiger charge is -2.23. The van der Waals surface area contributed by atoms with Gasteiger partial charge in [0.25, 0.3) is 0 Å². The molecular weight excluding hydrogens is 534 g/mol. The van der Waals surface area contributed by atoms with Gasteiger partial charge < -0.3 is 15.7 Å². The number of hydrogen-bond donors (Lipinski definition) is 3. The molecule has 0 saturated heterocycles. The summed E-state index contributed by atoms with van der Waals surface area (Å²) in [5.41, 5.74) is 1.63. The van der Waals surface area contributed by atoms with E-state index in [1.54, 1.807) is 31.2 Å². The van der Waals surface area contributed by atoms with Crippen LogP contribution in [0.1, 0.15) is 34.5 Å². The largest absolute Gasteiger partial charge is 0.465 e. The highest BCUT2D eigenvalue weighted by Crippen LogP contribution is 2.38. The van der Waals surface area contributed by atoms with Gasteiger partial charge in [0.15, 0.2) is 5.78 Å². The van der Waals surface area contributed by atoms with Crippen molar-refractivity contribution in [3.8, 4) is 0 Å². The number of carbonyl (C=O) groups excluding carboxylic acids is 1. The molecule has 0 spiro atoms. The molecule has 0 aliphatic heterocycles. The zero-order chi connectivity index (χ0) is 28.6. The zero-order valence-electron chi connectivity index (χ0n) is 21.5. The number of benzene rings is 3. The Morgan fingerprint density at radius 2 is 1.57 bits per heavy atom. The lowest BCUT2D eigenvalue weighted by Crippen LogP contribution is -2.30. The number of aromatic nitrogens is 1. The number of pyridine rings is 1. The van der Waals surface area contributed by atoms with Crippen LogP contribution in [0.25, 0.3) is 0 Å². The molecule has 4 aromatic rings. The molecule has 0 saturated carbocycles. The number of halogens is 1. The number of amides is 1. The van der Waals surface area contributed by atoms with Crippen LogP contribution in [0.2, 0.25) is 5.02 Å². The minimum absolute atomic E-state index is 0.0360. The van der Waals surface area contributed by atoms with Gasteiger partial charge in [-0.3, -0.25) is 19.8 Å². The first-order valence-electron chi connectivity index (χ1n) is 12.4. The number of nitrogens with one attached hydrogen (secondary N) is 2. The first kappa shape index (κ1) is 28.1. The number of nitro groups is 1. The Balaban J connectivity index is 1.80. The predicted octanol–water partition coefficient (Wildman–Crippen LogP) is 6.64. The molecule has 0 radical (unpaired) electrons. The van der Waals surface area contributed by atoms with Gasteiger partial charge >= 0.3 is 11.8 Å². The molecule has 3 N–H and O–H groups in total. The number of rotatable bonds is 11. The Kier molecular flexibility index (Phi) is 8.93. The first-order valence-corrected chi connectivity index (χ1v) is 12.7. The van der Waals surface area contributed by atoms with E-state index >= 15 is 0 Å². The van der Waals surface area contributed by atoms with E-state index in [1.807, 2.05) is 60.7 Å². The highest BCUT2D eigenvalue weighted by Gasteiger charge is 2.29. The van der Waals surface area contributed by atoms with Crippen LogP contribution >= 0.6 is 11.6 Å². The van der Waals surface area contributed by atoms with Crippen LogP contribution in [0.3, 0.4) is 0 Å². The fourth-order valence-corrected chi connectivity index (χ4v) is 4.31. The highest BCUT2D eigenvalue weighted by atomic mass is 35.5. The Hall–Kier alpha value is -4.96. The summed E-state index contributed by atoms with van der Waals surface area (Å²) < 4.78 is 0. The Bertz CT molecular complexity index is 1460. The third kappa shape index (κ3) is 6.54. The Morgan fingerprint density at radius 3 is 2.08 bits per heavy atom. The lowest BCUT2D eigenvalue weighted by atomic mass is 9.98. The molecule has 3 aromatic carbocycles. The van der Waals surface area contributed by atoms with E-state index in [2.05, 4.69) is 15.6 Å². The number of carbonyl (C=O) groups is 2. The summed E-state index contributed by atoms with van der Waals surface area (Å²) in [6.45, 7) is 1.35. The van der Waals surface area contributed by atoms with E-state index in [0.717, 1.165) is 16.0 Å². The molecule has 0 aliphatic rings. The SMILES string of the molecule is CCN(C(=O)O)c1cc(NC(c2ccccc2)c2ccccc2)c([N+](=O)[O-])c(NCC(=O)c2ccc(Cl)cc2)n1. The van der Waals surface area contributed by atoms with E-state index in [0.29, 0.717) is 10.6 Å². The summed E-state index contributed by atoms with van der Waals surface area (Å²) in [6.07, 6.45) is -1.28. The van der Waals surface area contributed by atoms with Gasteiger partial charge in [0.2, 0.25) is 5.82 Å². The Labute approximate surface area is 235 Å². The molecule has 204 valence electrons. The summed E-state index contributed by atoms with van der Waals surface area (Å²) in [7, 11) is 0. The standard InChI is InChI=1S/C29H26ClN5O5/c1-2-34(29(37)38)25-17-23(32-26(20-9-5-3-6-10-20)21-11-7-4-8-12-21)27(35(39)40)28(33-25)31-18-24(36)19-13-15-22(30)16-14-19/h3-17,26H,2,18H2,1H3,(H,37,38)(H2,31,32,33). The van der Waals surface area contributed by atoms with Gasteiger partial charge in [0.1, 0.15) is 11.5 Å². The van der Waals surface area contributed by atoms with Crippen molar-refractivity contribution in [3.05, 3.63) is 123 Å². The molecule has 1 amide bonds. The number of carboxylic acid groups (broad SMARTS) is 1. The van der Waals surface area contributed by atoms with Crippen LogP contribution in [-0.2, 0) is 0 Å². The van der Waals surface area contributed by atoms with Crippen molar-refractivity contribution in [2.45, 2.75) is 13.0 Å². The first-order chi connectivity index (χ1) is 19.3. The summed E-state index contributed by atoms with van der Waals surface area (Å²) in [6, 6.07) is 25.8. The van der Waals surface area contributed by atoms with Gasteiger partial charge in [-0.15, -0.1) is 0 Å². The van der Waals surface area contributed by atoms with E-state index < -0.39 is 22.7 Å². The molecule has 40 heavy (non-hydrogen) atoms. The third-order valence-corrected chi connectivity index (χ3v) is 6.39. The molecule has 0 aliphatic carbocycles. The summed E-state index contributed by atoms with van der Waals surface area (Å²) in [5.74, 6) is -0.638. The summed E-state index contributed by atoms with van der Waals surface area (Å²) in [4.78, 5) is 41.8. The van der Waals surface area contributed by atoms with E-state index in [-0.39, 0.29) is 36.2 Å². The average Bonchev–Trinajstić information content (AvgIpc) is 2.95. The number of anilines is 3. The summed E-state index contributed by atoms with van der Waals surface area (Å²) in [5, 5.41) is 28.6. The fraction of sp³-hybridized carbons (Fsp3) is 0.138. The molecule has 0 bridgehead atoms. The van der Waals surface area contributed by atoms with Crippen molar-refractivity contribution in [1.29, 1.82) is 0 Å². The number of ketones is 1. The van der Waals surface area contributed by atoms with Gasteiger partial charge in [-0.25, -0.2) is 9.78 Å². The van der Waals surface area contributed by atoms with Crippen molar-refractivity contribution < 1.29 is 19.6 Å². The topological polar surface area (TPSA) is 138 Å². The molecule has 1 heterocycles. The van der Waals surface area contributed by atoms with Gasteiger partial charge in [-0.2, -0.15) is 0 Å². The predicted molar refractivity (Wildman–Crippen MR) is 155 cm³/mol. The van der Waals surface area contributed by atoms with Gasteiger partial charge in [-0.1, -0.05) is 72.3 Å². The maximum Gasteiger partial charge on any atom is 0.413 e. The van der Waals surface area contributed by atoms with Crippen molar-refractivity contribution in [1.82, 2.24) is 4.98 Å². The second-order valence-corrected chi connectivity index (χ2v) is 9.13. The van der Waals surface area contributed by atoms with Gasteiger partial charge in [0, 0.05) is 23.2 Å². The molecule has 0 unspecified atom stereocenters. The molecule has 11 heteroatoms. The van der Waals surface area contributed by atoms with E-state index in [9.17, 15) is 24.8 Å². The Morgan fingerprint density at radius 1 is 1.00 bits per heavy atom. The third-order valence-electron chi connectivity index (χ3n) is 6.13. The molecule has 1 aromatic heterocycles. The van der Waals surface area contributed by atoms with Gasteiger partial charge in [-0.05, 0) is 42.3 Å². The van der Waals surface area contributed by atoms with Crippen LogP contribution in [-0.4, -0.2) is 40.0 Å². The van der Waals surface area contributed by atoms with Crippen molar-refractivity contribution >= 4 is 46.5 Å². The van der Waals surface area contributed by atoms with Crippen molar-refractivity contribution in [2.75, 3.05) is 28.6 Å². The minimum Gasteiger partial charge on any atom is -0.465 e. The van der Waals surface area contributed by atoms with Crippen LogP contribution in [0.15, 0.2) is 91.0 Å². The second kappa shape index (κ2) is 12.7. The van der Waals surface area contributed by atoms with Crippen LogP contribution < -0.4 is 15.5 Å². The van der Waals surface area contributed by atoms with E-state index in [1.165, 1.54) is 6.07 Å². The minimum atomic E-state index is -1.28. The molecule has 4 rings (SSSR count). The molecule has 10 nitrogen and oxygen atoms in total. The summed E-state index contributed by atoms with van der Waals surface area (Å²) >= 11 is 5.91. The monoisotopic (exact) mass is 559 g/mol. The maximum atomic E-state index is 12.8. The molecular formula is C29H26ClN5O5. The van der Waals surface area contributed by atoms with Crippen LogP contribution in [0.4, 0.5) is 27.8 Å². The average molecular weight is 560 g/mol. The second-order valence-electron chi connectivity index (χ2n) is 8.69. The molecule has 0 atom stereocenters. The van der Waals surface area contributed by atoms with Gasteiger partial charge in [0.05, 0.1) is 17.5 Å². The zero-order valence-corrected chi connectivity index (χ0v) is 22.2. The van der Waals surface area contributed by atoms with E-state index in [4.69, 9.17) is 11.6 Å². The maximum absolute atomic E-state index is 12.8. The number of nitrogens with zero attached hydrogens (tertiary/aromatic N) is 3. The number of hydrogen-bond acceptors (Lipinski definition) is 7. The normalized spacial score (nSPS) is 10.7.